The highest BCUT2D eigenvalue weighted by Crippen LogP contribution is 2.30. The maximum atomic E-state index is 12.5. The van der Waals surface area contributed by atoms with Gasteiger partial charge in [0.1, 0.15) is 10.6 Å². The van der Waals surface area contributed by atoms with Crippen LogP contribution < -0.4 is 15.2 Å². The van der Waals surface area contributed by atoms with Gasteiger partial charge in [0.2, 0.25) is 10.0 Å². The van der Waals surface area contributed by atoms with Gasteiger partial charge in [0, 0.05) is 17.0 Å². The molecule has 5 nitrogen and oxygen atoms in total. The van der Waals surface area contributed by atoms with E-state index in [-0.39, 0.29) is 10.9 Å². The Morgan fingerprint density at radius 2 is 1.95 bits per heavy atom. The lowest BCUT2D eigenvalue weighted by Crippen LogP contribution is -2.38. The molecule has 118 valence electrons. The smallest absolute Gasteiger partial charge is 0.244 e. The van der Waals surface area contributed by atoms with E-state index in [9.17, 15) is 8.42 Å². The molecule has 0 atom stereocenters. The van der Waals surface area contributed by atoms with Crippen LogP contribution in [0.2, 0.25) is 0 Å². The van der Waals surface area contributed by atoms with Crippen molar-refractivity contribution in [2.45, 2.75) is 41.9 Å². The van der Waals surface area contributed by atoms with Crippen molar-refractivity contribution in [1.82, 2.24) is 4.72 Å². The Hall–Kier alpha value is -0.920. The maximum Gasteiger partial charge on any atom is 0.244 e. The maximum absolute atomic E-state index is 12.5. The topological polar surface area (TPSA) is 81.4 Å². The van der Waals surface area contributed by atoms with Crippen LogP contribution in [0.25, 0.3) is 0 Å². The molecule has 0 spiro atoms. The number of thioether (sulfide) groups is 1. The van der Waals surface area contributed by atoms with E-state index in [2.05, 4.69) is 11.0 Å². The molecule has 1 fully saturated rings. The fourth-order valence-corrected chi connectivity index (χ4v) is 4.86. The first-order valence-corrected chi connectivity index (χ1v) is 9.72. The molecule has 1 aliphatic carbocycles. The van der Waals surface area contributed by atoms with Crippen molar-refractivity contribution >= 4 is 27.5 Å². The Labute approximate surface area is 130 Å². The molecule has 1 aromatic rings. The summed E-state index contributed by atoms with van der Waals surface area (Å²) < 4.78 is 33.0. The highest BCUT2D eigenvalue weighted by Gasteiger charge is 2.27. The number of nitrogen functional groups attached to an aromatic ring is 1. The number of hydrogen-bond acceptors (Lipinski definition) is 5. The first-order chi connectivity index (χ1) is 9.96. The number of hydrogen-bond donors (Lipinski definition) is 2. The standard InChI is InChI=1S/C14H22N2O3S2/c1-19-13-8-3-10(15)9-14(13)21(17,18)16-11-4-6-12(20-2)7-5-11/h3,8-9,11-12,16H,4-7,15H2,1-2H3. The van der Waals surface area contributed by atoms with E-state index in [4.69, 9.17) is 10.5 Å². The van der Waals surface area contributed by atoms with E-state index >= 15 is 0 Å². The quantitative estimate of drug-likeness (QED) is 0.809. The number of ether oxygens (including phenoxy) is 1. The Bertz CT molecular complexity index is 582. The molecular weight excluding hydrogens is 308 g/mol. The zero-order chi connectivity index (χ0) is 15.5. The van der Waals surface area contributed by atoms with Gasteiger partial charge in [-0.05, 0) is 50.1 Å². The third kappa shape index (κ3) is 4.05. The summed E-state index contributed by atoms with van der Waals surface area (Å²) in [6.45, 7) is 0. The minimum atomic E-state index is -3.61. The van der Waals surface area contributed by atoms with Gasteiger partial charge in [-0.2, -0.15) is 11.8 Å². The Kier molecular flexibility index (Phi) is 5.40. The van der Waals surface area contributed by atoms with E-state index < -0.39 is 10.0 Å². The molecular formula is C14H22N2O3S2. The van der Waals surface area contributed by atoms with Crippen LogP contribution in [0.5, 0.6) is 5.75 Å². The second kappa shape index (κ2) is 6.89. The van der Waals surface area contributed by atoms with Crippen molar-refractivity contribution < 1.29 is 13.2 Å². The third-order valence-corrected chi connectivity index (χ3v) is 6.49. The minimum Gasteiger partial charge on any atom is -0.495 e. The summed E-state index contributed by atoms with van der Waals surface area (Å²) in [5.41, 5.74) is 6.10. The second-order valence-electron chi connectivity index (χ2n) is 5.24. The van der Waals surface area contributed by atoms with Crippen LogP contribution in [0.15, 0.2) is 23.1 Å². The Balaban J connectivity index is 2.14. The number of methoxy groups -OCH3 is 1. The third-order valence-electron chi connectivity index (χ3n) is 3.81. The van der Waals surface area contributed by atoms with E-state index in [1.807, 2.05) is 11.8 Å². The fraction of sp³-hybridized carbons (Fsp3) is 0.571. The average molecular weight is 330 g/mol. The summed E-state index contributed by atoms with van der Waals surface area (Å²) >= 11 is 1.86. The Morgan fingerprint density at radius 1 is 1.29 bits per heavy atom. The van der Waals surface area contributed by atoms with Crippen LogP contribution in [0.4, 0.5) is 5.69 Å². The molecule has 21 heavy (non-hydrogen) atoms. The van der Waals surface area contributed by atoms with Crippen LogP contribution in [0.3, 0.4) is 0 Å². The molecule has 1 aromatic carbocycles. The summed E-state index contributed by atoms with van der Waals surface area (Å²) in [4.78, 5) is 0.108. The molecule has 0 aliphatic heterocycles. The van der Waals surface area contributed by atoms with Gasteiger partial charge in [-0.3, -0.25) is 0 Å². The summed E-state index contributed by atoms with van der Waals surface area (Å²) in [6.07, 6.45) is 5.93. The second-order valence-corrected chi connectivity index (χ2v) is 8.06. The van der Waals surface area contributed by atoms with Crippen molar-refractivity contribution in [3.63, 3.8) is 0 Å². The van der Waals surface area contributed by atoms with Gasteiger partial charge in [-0.1, -0.05) is 0 Å². The van der Waals surface area contributed by atoms with Gasteiger partial charge < -0.3 is 10.5 Å². The lowest BCUT2D eigenvalue weighted by molar-refractivity contribution is 0.398. The summed E-state index contributed by atoms with van der Waals surface area (Å²) in [5.74, 6) is 0.314. The van der Waals surface area contributed by atoms with Crippen molar-refractivity contribution in [3.8, 4) is 5.75 Å². The molecule has 2 rings (SSSR count). The molecule has 1 saturated carbocycles. The normalized spacial score (nSPS) is 23.0. The predicted molar refractivity (Wildman–Crippen MR) is 87.3 cm³/mol. The molecule has 0 saturated heterocycles. The van der Waals surface area contributed by atoms with Crippen molar-refractivity contribution in [2.24, 2.45) is 0 Å². The highest BCUT2D eigenvalue weighted by molar-refractivity contribution is 7.99. The molecule has 0 amide bonds. The molecule has 1 aliphatic rings. The van der Waals surface area contributed by atoms with E-state index in [1.165, 1.54) is 13.2 Å². The first-order valence-electron chi connectivity index (χ1n) is 6.95. The van der Waals surface area contributed by atoms with Crippen LogP contribution in [0.1, 0.15) is 25.7 Å². The zero-order valence-electron chi connectivity index (χ0n) is 12.3. The van der Waals surface area contributed by atoms with Gasteiger partial charge in [0.25, 0.3) is 0 Å². The number of rotatable bonds is 5. The largest absolute Gasteiger partial charge is 0.495 e. The van der Waals surface area contributed by atoms with Crippen molar-refractivity contribution in [3.05, 3.63) is 18.2 Å². The lowest BCUT2D eigenvalue weighted by Gasteiger charge is -2.28. The van der Waals surface area contributed by atoms with E-state index in [0.29, 0.717) is 16.7 Å². The minimum absolute atomic E-state index is 0.00969. The van der Waals surface area contributed by atoms with Crippen molar-refractivity contribution in [2.75, 3.05) is 19.1 Å². The molecule has 0 bridgehead atoms. The van der Waals surface area contributed by atoms with Gasteiger partial charge >= 0.3 is 0 Å². The fourth-order valence-electron chi connectivity index (χ4n) is 2.60. The molecule has 0 radical (unpaired) electrons. The monoisotopic (exact) mass is 330 g/mol. The van der Waals surface area contributed by atoms with Gasteiger partial charge in [0.15, 0.2) is 0 Å². The van der Waals surface area contributed by atoms with E-state index in [1.54, 1.807) is 12.1 Å². The van der Waals surface area contributed by atoms with Crippen LogP contribution in [0, 0.1) is 0 Å². The highest BCUT2D eigenvalue weighted by atomic mass is 32.2. The van der Waals surface area contributed by atoms with Gasteiger partial charge in [0.05, 0.1) is 7.11 Å². The first kappa shape index (κ1) is 16.5. The number of anilines is 1. The average Bonchev–Trinajstić information content (AvgIpc) is 2.47. The molecule has 3 N–H and O–H groups in total. The number of benzene rings is 1. The molecule has 0 aromatic heterocycles. The van der Waals surface area contributed by atoms with E-state index in [0.717, 1.165) is 25.7 Å². The molecule has 0 heterocycles. The number of sulfonamides is 1. The number of nitrogens with two attached hydrogens (primary N) is 1. The number of nitrogens with one attached hydrogen (secondary N) is 1. The van der Waals surface area contributed by atoms with Crippen LogP contribution in [-0.4, -0.2) is 33.1 Å². The van der Waals surface area contributed by atoms with Crippen LogP contribution in [-0.2, 0) is 10.0 Å². The lowest BCUT2D eigenvalue weighted by atomic mass is 9.96. The van der Waals surface area contributed by atoms with Crippen LogP contribution >= 0.6 is 11.8 Å². The van der Waals surface area contributed by atoms with Crippen molar-refractivity contribution in [1.29, 1.82) is 0 Å². The summed E-state index contributed by atoms with van der Waals surface area (Å²) in [5, 5.41) is 0.646. The summed E-state index contributed by atoms with van der Waals surface area (Å²) in [7, 11) is -2.16. The predicted octanol–water partition coefficient (Wildman–Crippen LogP) is 2.23. The van der Waals surface area contributed by atoms with Gasteiger partial charge in [-0.25, -0.2) is 13.1 Å². The van der Waals surface area contributed by atoms with Gasteiger partial charge in [-0.15, -0.1) is 0 Å². The molecule has 0 unspecified atom stereocenters. The SMILES string of the molecule is COc1ccc(N)cc1S(=O)(=O)NC1CCC(SC)CC1. The summed E-state index contributed by atoms with van der Waals surface area (Å²) in [6, 6.07) is 4.63. The zero-order valence-corrected chi connectivity index (χ0v) is 14.0. The molecule has 7 heteroatoms. The Morgan fingerprint density at radius 3 is 2.52 bits per heavy atom.